The van der Waals surface area contributed by atoms with Gasteiger partial charge in [0, 0.05) is 24.7 Å². The minimum absolute atomic E-state index is 0.0414. The van der Waals surface area contributed by atoms with Crippen molar-refractivity contribution in [2.45, 2.75) is 31.6 Å². The van der Waals surface area contributed by atoms with E-state index < -0.39 is 40.5 Å². The number of hydrogen-bond acceptors (Lipinski definition) is 6. The van der Waals surface area contributed by atoms with Crippen molar-refractivity contribution in [3.63, 3.8) is 0 Å². The maximum absolute atomic E-state index is 12.8. The van der Waals surface area contributed by atoms with Gasteiger partial charge in [0.25, 0.3) is 5.91 Å². The molecule has 3 amide bonds. The van der Waals surface area contributed by atoms with E-state index in [1.165, 1.54) is 28.6 Å². The number of benzene rings is 1. The number of urea groups is 1. The molecule has 11 heteroatoms. The largest absolute Gasteiger partial charge is 0.455 e. The number of carbonyl (C=O) groups excluding carboxylic acids is 3. The number of nitrogens with zero attached hydrogens (tertiary/aromatic N) is 1. The second-order valence-corrected chi connectivity index (χ2v) is 9.79. The van der Waals surface area contributed by atoms with Crippen molar-refractivity contribution in [2.75, 3.05) is 26.2 Å². The van der Waals surface area contributed by atoms with Gasteiger partial charge in [0.1, 0.15) is 0 Å². The summed E-state index contributed by atoms with van der Waals surface area (Å²) in [4.78, 5) is 35.7. The average Bonchev–Trinajstić information content (AvgIpc) is 2.71. The van der Waals surface area contributed by atoms with E-state index in [9.17, 15) is 22.8 Å². The molecule has 1 atom stereocenters. The lowest BCUT2D eigenvalue weighted by molar-refractivity contribution is -0.153. The summed E-state index contributed by atoms with van der Waals surface area (Å²) in [5.41, 5.74) is 0. The molecular formula is C19H26ClN3O6S. The van der Waals surface area contributed by atoms with Crippen molar-refractivity contribution < 1.29 is 27.5 Å². The first-order valence-electron chi connectivity index (χ1n) is 9.59. The Morgan fingerprint density at radius 3 is 2.53 bits per heavy atom. The lowest BCUT2D eigenvalue weighted by Gasteiger charge is -2.30. The molecule has 0 bridgehead atoms. The lowest BCUT2D eigenvalue weighted by atomic mass is 10.00. The first kappa shape index (κ1) is 24.1. The molecule has 1 aromatic rings. The molecule has 0 radical (unpaired) electrons. The van der Waals surface area contributed by atoms with Gasteiger partial charge >= 0.3 is 12.0 Å². The first-order chi connectivity index (χ1) is 14.1. The van der Waals surface area contributed by atoms with Crippen LogP contribution in [-0.2, 0) is 24.3 Å². The first-order valence-corrected chi connectivity index (χ1v) is 11.4. The molecule has 1 aromatic carbocycles. The second kappa shape index (κ2) is 10.7. The van der Waals surface area contributed by atoms with Crippen LogP contribution in [-0.4, -0.2) is 56.9 Å². The Balaban J connectivity index is 1.87. The number of ether oxygens (including phenoxy) is 1. The number of esters is 1. The van der Waals surface area contributed by atoms with E-state index in [4.69, 9.17) is 16.3 Å². The second-order valence-electron chi connectivity index (χ2n) is 7.42. The number of nitrogens with one attached hydrogen (secondary N) is 2. The van der Waals surface area contributed by atoms with Crippen LogP contribution in [0, 0.1) is 11.8 Å². The molecule has 1 aliphatic heterocycles. The Morgan fingerprint density at radius 2 is 1.90 bits per heavy atom. The number of amides is 3. The fourth-order valence-electron chi connectivity index (χ4n) is 2.87. The van der Waals surface area contributed by atoms with Crippen LogP contribution in [0.3, 0.4) is 0 Å². The van der Waals surface area contributed by atoms with E-state index in [-0.39, 0.29) is 23.9 Å². The van der Waals surface area contributed by atoms with Gasteiger partial charge in [-0.2, -0.15) is 4.31 Å². The van der Waals surface area contributed by atoms with Crippen molar-refractivity contribution in [1.82, 2.24) is 14.9 Å². The van der Waals surface area contributed by atoms with Crippen LogP contribution < -0.4 is 10.6 Å². The third-order valence-electron chi connectivity index (χ3n) is 4.44. The molecule has 2 rings (SSSR count). The zero-order valence-corrected chi connectivity index (χ0v) is 18.5. The Hall–Kier alpha value is -2.17. The van der Waals surface area contributed by atoms with Crippen LogP contribution >= 0.6 is 11.6 Å². The smallest absolute Gasteiger partial charge is 0.321 e. The van der Waals surface area contributed by atoms with Crippen LogP contribution in [0.15, 0.2) is 29.2 Å². The highest BCUT2D eigenvalue weighted by atomic mass is 35.5. The van der Waals surface area contributed by atoms with Crippen LogP contribution in [0.1, 0.15) is 26.7 Å². The summed E-state index contributed by atoms with van der Waals surface area (Å²) in [6.45, 7) is 3.84. The standard InChI is InChI=1S/C19H26ClN3O6S/c1-13(2)10-21-19(26)22-17(24)12-29-18(25)14-4-3-9-23(11-14)30(27,28)16-7-5-15(20)6-8-16/h5-8,13-14H,3-4,9-12H2,1-2H3,(H2,21,22,24,26). The number of hydrogen-bond donors (Lipinski definition) is 2. The van der Waals surface area contributed by atoms with Crippen LogP contribution in [0.2, 0.25) is 5.02 Å². The number of sulfonamides is 1. The molecule has 1 aliphatic rings. The Kier molecular flexibility index (Phi) is 8.63. The number of imide groups is 1. The highest BCUT2D eigenvalue weighted by Crippen LogP contribution is 2.25. The maximum atomic E-state index is 12.8. The topological polar surface area (TPSA) is 122 Å². The Labute approximate surface area is 181 Å². The number of piperidine rings is 1. The van der Waals surface area contributed by atoms with E-state index in [2.05, 4.69) is 10.6 Å². The van der Waals surface area contributed by atoms with E-state index in [1.54, 1.807) is 0 Å². The molecule has 0 spiro atoms. The maximum Gasteiger partial charge on any atom is 0.321 e. The number of halogens is 1. The summed E-state index contributed by atoms with van der Waals surface area (Å²) < 4.78 is 31.8. The van der Waals surface area contributed by atoms with Crippen molar-refractivity contribution in [3.8, 4) is 0 Å². The van der Waals surface area contributed by atoms with Crippen molar-refractivity contribution in [3.05, 3.63) is 29.3 Å². The quantitative estimate of drug-likeness (QED) is 0.599. The minimum atomic E-state index is -3.77. The van der Waals surface area contributed by atoms with E-state index in [0.29, 0.717) is 24.4 Å². The zero-order valence-electron chi connectivity index (χ0n) is 16.9. The van der Waals surface area contributed by atoms with Crippen molar-refractivity contribution in [1.29, 1.82) is 0 Å². The van der Waals surface area contributed by atoms with Gasteiger partial charge in [-0.15, -0.1) is 0 Å². The van der Waals surface area contributed by atoms with Crippen molar-refractivity contribution >= 4 is 39.5 Å². The molecule has 0 aliphatic carbocycles. The van der Waals surface area contributed by atoms with E-state index >= 15 is 0 Å². The molecule has 30 heavy (non-hydrogen) atoms. The number of carbonyl (C=O) groups is 3. The summed E-state index contributed by atoms with van der Waals surface area (Å²) in [5.74, 6) is -1.90. The summed E-state index contributed by atoms with van der Waals surface area (Å²) in [6.07, 6.45) is 0.929. The Morgan fingerprint density at radius 1 is 1.23 bits per heavy atom. The third kappa shape index (κ3) is 6.96. The monoisotopic (exact) mass is 459 g/mol. The van der Waals surface area contributed by atoms with Gasteiger partial charge in [-0.25, -0.2) is 13.2 Å². The molecule has 2 N–H and O–H groups in total. The molecule has 1 fully saturated rings. The highest BCUT2D eigenvalue weighted by Gasteiger charge is 2.34. The predicted octanol–water partition coefficient (Wildman–Crippen LogP) is 1.77. The van der Waals surface area contributed by atoms with Gasteiger partial charge in [-0.3, -0.25) is 14.9 Å². The summed E-state index contributed by atoms with van der Waals surface area (Å²) in [7, 11) is -3.77. The van der Waals surface area contributed by atoms with E-state index in [0.717, 1.165) is 0 Å². The SMILES string of the molecule is CC(C)CNC(=O)NC(=O)COC(=O)C1CCCN(S(=O)(=O)c2ccc(Cl)cc2)C1. The predicted molar refractivity (Wildman–Crippen MR) is 110 cm³/mol. The summed E-state index contributed by atoms with van der Waals surface area (Å²) in [6, 6.07) is 5.13. The van der Waals surface area contributed by atoms with Gasteiger partial charge in [-0.1, -0.05) is 25.4 Å². The van der Waals surface area contributed by atoms with Crippen molar-refractivity contribution in [2.24, 2.45) is 11.8 Å². The third-order valence-corrected chi connectivity index (χ3v) is 6.57. The normalized spacial score (nSPS) is 17.4. The molecule has 1 unspecified atom stereocenters. The molecule has 1 saturated heterocycles. The van der Waals surface area contributed by atoms with Crippen LogP contribution in [0.5, 0.6) is 0 Å². The fraction of sp³-hybridized carbons (Fsp3) is 0.526. The molecule has 0 saturated carbocycles. The van der Waals surface area contributed by atoms with Gasteiger partial charge in [-0.05, 0) is 43.0 Å². The van der Waals surface area contributed by atoms with Gasteiger partial charge in [0.2, 0.25) is 10.0 Å². The lowest BCUT2D eigenvalue weighted by Crippen LogP contribution is -2.44. The highest BCUT2D eigenvalue weighted by molar-refractivity contribution is 7.89. The molecular weight excluding hydrogens is 434 g/mol. The fourth-order valence-corrected chi connectivity index (χ4v) is 4.52. The van der Waals surface area contributed by atoms with Gasteiger partial charge < -0.3 is 10.1 Å². The minimum Gasteiger partial charge on any atom is -0.455 e. The Bertz CT molecular complexity index is 873. The number of rotatable bonds is 7. The van der Waals surface area contributed by atoms with Crippen LogP contribution in [0.4, 0.5) is 4.79 Å². The molecule has 9 nitrogen and oxygen atoms in total. The molecule has 0 aromatic heterocycles. The average molecular weight is 460 g/mol. The zero-order chi connectivity index (χ0) is 22.3. The van der Waals surface area contributed by atoms with E-state index in [1.807, 2.05) is 13.8 Å². The summed E-state index contributed by atoms with van der Waals surface area (Å²) >= 11 is 5.81. The van der Waals surface area contributed by atoms with Crippen LogP contribution in [0.25, 0.3) is 0 Å². The van der Waals surface area contributed by atoms with Gasteiger partial charge in [0.05, 0.1) is 10.8 Å². The molecule has 166 valence electrons. The summed E-state index contributed by atoms with van der Waals surface area (Å²) in [5, 5.41) is 5.00. The molecule has 1 heterocycles. The van der Waals surface area contributed by atoms with Gasteiger partial charge in [0.15, 0.2) is 6.61 Å².